The number of halogens is 4. The van der Waals surface area contributed by atoms with Crippen LogP contribution in [0.3, 0.4) is 0 Å². The number of aromatic nitrogens is 1. The summed E-state index contributed by atoms with van der Waals surface area (Å²) >= 11 is 6.28. The molecule has 1 atom stereocenters. The number of esters is 1. The van der Waals surface area contributed by atoms with Gasteiger partial charge in [-0.3, -0.25) is 9.89 Å². The van der Waals surface area contributed by atoms with Crippen molar-refractivity contribution < 1.29 is 22.7 Å². The highest BCUT2D eigenvalue weighted by Gasteiger charge is 2.34. The number of nitrogens with one attached hydrogen (secondary N) is 1. The monoisotopic (exact) mass is 466 g/mol. The average molecular weight is 467 g/mol. The van der Waals surface area contributed by atoms with Crippen LogP contribution >= 0.6 is 11.6 Å². The van der Waals surface area contributed by atoms with E-state index in [2.05, 4.69) is 15.3 Å². The van der Waals surface area contributed by atoms with Crippen LogP contribution in [-0.2, 0) is 9.53 Å². The van der Waals surface area contributed by atoms with E-state index < -0.39 is 29.5 Å². The van der Waals surface area contributed by atoms with Gasteiger partial charge in [-0.1, -0.05) is 31.5 Å². The van der Waals surface area contributed by atoms with Crippen LogP contribution in [0.4, 0.5) is 13.2 Å². The van der Waals surface area contributed by atoms with Crippen molar-refractivity contribution in [3.05, 3.63) is 75.5 Å². The Morgan fingerprint density at radius 3 is 2.50 bits per heavy atom. The molecular weight excluding hydrogens is 445 g/mol. The first kappa shape index (κ1) is 23.7. The van der Waals surface area contributed by atoms with Crippen molar-refractivity contribution in [3.8, 4) is 0 Å². The lowest BCUT2D eigenvalue weighted by Crippen LogP contribution is -2.40. The number of methoxy groups -OCH3 is 1. The zero-order valence-corrected chi connectivity index (χ0v) is 18.5. The molecule has 0 amide bonds. The standard InChI is InChI=1S/C22H22ClF3N4O2/c1-4-30(5-2)11-17-18(22(31)32-3)19(14-7-6-12(24)8-15(14)23)29-21(28-17)20-16(26)9-13(25)10-27-20/h6-10,19H,4-5,11H2,1-3H3,(H,28,29)/t19-/m0/s1. The summed E-state index contributed by atoms with van der Waals surface area (Å²) in [4.78, 5) is 23.1. The molecule has 6 nitrogen and oxygen atoms in total. The van der Waals surface area contributed by atoms with Crippen molar-refractivity contribution in [2.75, 3.05) is 26.7 Å². The minimum Gasteiger partial charge on any atom is -0.466 e. The van der Waals surface area contributed by atoms with Crippen LogP contribution in [0.2, 0.25) is 5.02 Å². The van der Waals surface area contributed by atoms with Gasteiger partial charge in [0, 0.05) is 28.9 Å². The van der Waals surface area contributed by atoms with Gasteiger partial charge in [-0.15, -0.1) is 0 Å². The first-order valence-corrected chi connectivity index (χ1v) is 10.3. The number of likely N-dealkylation sites (N-methyl/N-ethyl adjacent to an activating group) is 1. The van der Waals surface area contributed by atoms with Gasteiger partial charge >= 0.3 is 5.97 Å². The molecule has 0 saturated heterocycles. The van der Waals surface area contributed by atoms with Crippen LogP contribution in [-0.4, -0.2) is 48.4 Å². The van der Waals surface area contributed by atoms with Crippen LogP contribution < -0.4 is 5.32 Å². The van der Waals surface area contributed by atoms with Gasteiger partial charge in [-0.05, 0) is 25.2 Å². The van der Waals surface area contributed by atoms with Gasteiger partial charge in [0.05, 0.1) is 18.9 Å². The predicted octanol–water partition coefficient (Wildman–Crippen LogP) is 4.01. The topological polar surface area (TPSA) is 66.8 Å². The molecule has 1 aromatic heterocycles. The molecule has 0 bridgehead atoms. The van der Waals surface area contributed by atoms with Gasteiger partial charge in [-0.25, -0.2) is 22.9 Å². The molecule has 2 aromatic rings. The van der Waals surface area contributed by atoms with Crippen molar-refractivity contribution in [2.24, 2.45) is 4.99 Å². The second-order valence-electron chi connectivity index (χ2n) is 7.00. The fourth-order valence-electron chi connectivity index (χ4n) is 3.40. The summed E-state index contributed by atoms with van der Waals surface area (Å²) in [5, 5.41) is 3.01. The summed E-state index contributed by atoms with van der Waals surface area (Å²) in [5.74, 6) is -3.00. The zero-order chi connectivity index (χ0) is 23.4. The lowest BCUT2D eigenvalue weighted by Gasteiger charge is -2.30. The van der Waals surface area contributed by atoms with E-state index in [1.165, 1.54) is 19.2 Å². The molecule has 170 valence electrons. The Balaban J connectivity index is 2.22. The van der Waals surface area contributed by atoms with E-state index >= 15 is 0 Å². The molecule has 10 heteroatoms. The van der Waals surface area contributed by atoms with E-state index in [0.29, 0.717) is 30.4 Å². The van der Waals surface area contributed by atoms with E-state index in [-0.39, 0.29) is 28.7 Å². The zero-order valence-electron chi connectivity index (χ0n) is 17.8. The molecule has 0 radical (unpaired) electrons. The van der Waals surface area contributed by atoms with Gasteiger partial charge in [-0.2, -0.15) is 0 Å². The molecule has 1 aliphatic heterocycles. The van der Waals surface area contributed by atoms with E-state index in [1.54, 1.807) is 0 Å². The first-order valence-electron chi connectivity index (χ1n) is 9.93. The van der Waals surface area contributed by atoms with Gasteiger partial charge in [0.25, 0.3) is 0 Å². The Bertz CT molecular complexity index is 1090. The van der Waals surface area contributed by atoms with Gasteiger partial charge in [0.15, 0.2) is 11.7 Å². The second kappa shape index (κ2) is 10.1. The maximum atomic E-state index is 14.5. The number of pyridine rings is 1. The molecule has 0 fully saturated rings. The Kier molecular flexibility index (Phi) is 7.52. The number of amidine groups is 1. The molecule has 3 rings (SSSR count). The van der Waals surface area contributed by atoms with E-state index in [1.807, 2.05) is 18.7 Å². The van der Waals surface area contributed by atoms with Gasteiger partial charge in [0.1, 0.15) is 23.4 Å². The van der Waals surface area contributed by atoms with Crippen LogP contribution in [0, 0.1) is 17.5 Å². The molecule has 0 aliphatic carbocycles. The number of carbonyl (C=O) groups is 1. The summed E-state index contributed by atoms with van der Waals surface area (Å²) in [7, 11) is 1.23. The van der Waals surface area contributed by atoms with Crippen LogP contribution in [0.5, 0.6) is 0 Å². The normalized spacial score (nSPS) is 16.1. The highest BCUT2D eigenvalue weighted by atomic mass is 35.5. The third kappa shape index (κ3) is 4.94. The lowest BCUT2D eigenvalue weighted by molar-refractivity contribution is -0.136. The SMILES string of the molecule is CCN(CC)CC1=C(C(=O)OC)[C@H](c2ccc(F)cc2Cl)N=C(c2ncc(F)cc2F)N1. The molecule has 32 heavy (non-hydrogen) atoms. The molecule has 1 aliphatic rings. The molecule has 1 N–H and O–H groups in total. The van der Waals surface area contributed by atoms with Crippen LogP contribution in [0.25, 0.3) is 0 Å². The molecule has 0 saturated carbocycles. The minimum absolute atomic E-state index is 0.0114. The summed E-state index contributed by atoms with van der Waals surface area (Å²) in [6.45, 7) is 5.54. The average Bonchev–Trinajstić information content (AvgIpc) is 2.76. The smallest absolute Gasteiger partial charge is 0.338 e. The van der Waals surface area contributed by atoms with Crippen molar-refractivity contribution in [2.45, 2.75) is 19.9 Å². The van der Waals surface area contributed by atoms with Gasteiger partial charge in [0.2, 0.25) is 0 Å². The summed E-state index contributed by atoms with van der Waals surface area (Å²) in [6.07, 6.45) is 0.867. The molecular formula is C22H22ClF3N4O2. The Morgan fingerprint density at radius 1 is 1.19 bits per heavy atom. The number of nitrogens with zero attached hydrogens (tertiary/aromatic N) is 3. The highest BCUT2D eigenvalue weighted by molar-refractivity contribution is 6.31. The number of aliphatic imine (C=N–C) groups is 1. The van der Waals surface area contributed by atoms with Crippen molar-refractivity contribution in [3.63, 3.8) is 0 Å². The second-order valence-corrected chi connectivity index (χ2v) is 7.41. The maximum Gasteiger partial charge on any atom is 0.338 e. The summed E-state index contributed by atoms with van der Waals surface area (Å²) < 4.78 is 46.6. The number of rotatable bonds is 7. The third-order valence-corrected chi connectivity index (χ3v) is 5.42. The number of hydrogen-bond acceptors (Lipinski definition) is 6. The van der Waals surface area contributed by atoms with Crippen molar-refractivity contribution in [1.82, 2.24) is 15.2 Å². The molecule has 2 heterocycles. The van der Waals surface area contributed by atoms with Crippen molar-refractivity contribution >= 4 is 23.4 Å². The fourth-order valence-corrected chi connectivity index (χ4v) is 3.67. The van der Waals surface area contributed by atoms with Crippen LogP contribution in [0.15, 0.2) is 46.7 Å². The third-order valence-electron chi connectivity index (χ3n) is 5.10. The number of hydrogen-bond donors (Lipinski definition) is 1. The van der Waals surface area contributed by atoms with E-state index in [0.717, 1.165) is 12.3 Å². The summed E-state index contributed by atoms with van der Waals surface area (Å²) in [6, 6.07) is 3.36. The number of ether oxygens (including phenoxy) is 1. The summed E-state index contributed by atoms with van der Waals surface area (Å²) in [5.41, 5.74) is 0.656. The van der Waals surface area contributed by atoms with Crippen LogP contribution in [0.1, 0.15) is 31.1 Å². The minimum atomic E-state index is -1.02. The first-order chi connectivity index (χ1) is 15.3. The number of carbonyl (C=O) groups excluding carboxylic acids is 1. The van der Waals surface area contributed by atoms with E-state index in [4.69, 9.17) is 16.3 Å². The molecule has 1 aromatic carbocycles. The Morgan fingerprint density at radius 2 is 1.91 bits per heavy atom. The molecule has 0 unspecified atom stereocenters. The maximum absolute atomic E-state index is 14.5. The van der Waals surface area contributed by atoms with Gasteiger partial charge < -0.3 is 10.1 Å². The lowest BCUT2D eigenvalue weighted by atomic mass is 9.95. The molecule has 0 spiro atoms. The fraction of sp³-hybridized carbons (Fsp3) is 0.318. The van der Waals surface area contributed by atoms with E-state index in [9.17, 15) is 18.0 Å². The predicted molar refractivity (Wildman–Crippen MR) is 115 cm³/mol. The Labute approximate surface area is 188 Å². The van der Waals surface area contributed by atoms with Crippen molar-refractivity contribution in [1.29, 1.82) is 0 Å². The Hall–Kier alpha value is -2.91. The number of benzene rings is 1. The highest BCUT2D eigenvalue weighted by Crippen LogP contribution is 2.36. The largest absolute Gasteiger partial charge is 0.466 e. The quantitative estimate of drug-likeness (QED) is 0.624.